The number of hydrogen-bond donors (Lipinski definition) is 0. The molecule has 10 aliphatic rings. The number of nitrogens with zero attached hydrogens (tertiary/aromatic N) is 4. The number of imide groups is 4. The van der Waals surface area contributed by atoms with Crippen molar-refractivity contribution in [3.63, 3.8) is 0 Å². The molecule has 0 N–H and O–H groups in total. The first kappa shape index (κ1) is 61.3. The van der Waals surface area contributed by atoms with Crippen molar-refractivity contribution in [3.8, 4) is 51.4 Å². The minimum atomic E-state index is -0.709. The van der Waals surface area contributed by atoms with E-state index in [1.807, 2.05) is 116 Å². The van der Waals surface area contributed by atoms with Crippen LogP contribution in [-0.2, 0) is 43.8 Å². The number of likely N-dealkylation sites (tertiary alicyclic amines) is 2. The molecule has 4 bridgehead atoms. The van der Waals surface area contributed by atoms with Gasteiger partial charge in [-0.2, -0.15) is 4.48 Å². The summed E-state index contributed by atoms with van der Waals surface area (Å²) in [6.07, 6.45) is 7.51. The summed E-state index contributed by atoms with van der Waals surface area (Å²) in [5, 5.41) is 0. The Balaban J connectivity index is 0.000000163. The molecule has 4 heterocycles. The number of ether oxygens (including phenoxy) is 4. The summed E-state index contributed by atoms with van der Waals surface area (Å²) in [4.78, 5) is 113. The molecular formula is C80H69N4O12+. The minimum Gasteiger partial charge on any atom is -0.497 e. The van der Waals surface area contributed by atoms with Crippen LogP contribution in [-0.4, -0.2) is 73.4 Å². The van der Waals surface area contributed by atoms with Gasteiger partial charge in [0.05, 0.1) is 72.9 Å². The van der Waals surface area contributed by atoms with Crippen LogP contribution in [0.2, 0.25) is 0 Å². The molecule has 0 radical (unpaired) electrons. The van der Waals surface area contributed by atoms with E-state index >= 15 is 0 Å². The zero-order chi connectivity index (χ0) is 66.8. The number of rotatable bonds is 13. The summed E-state index contributed by atoms with van der Waals surface area (Å²) in [5.74, 6) is -4.87. The molecule has 4 aliphatic heterocycles. The van der Waals surface area contributed by atoms with E-state index in [0.717, 1.165) is 27.5 Å². The molecule has 12 unspecified atom stereocenters. The van der Waals surface area contributed by atoms with Crippen LogP contribution < -0.4 is 33.2 Å². The Hall–Kier alpha value is -10.8. The van der Waals surface area contributed by atoms with Crippen LogP contribution >= 0.6 is 0 Å². The van der Waals surface area contributed by atoms with Crippen molar-refractivity contribution in [1.29, 1.82) is 0 Å². The van der Waals surface area contributed by atoms with Crippen molar-refractivity contribution in [2.24, 2.45) is 71.0 Å². The molecule has 12 atom stereocenters. The fraction of sp³-hybridized carbons (Fsp3) is 0.250. The molecule has 6 fully saturated rings. The Morgan fingerprint density at radius 1 is 0.344 bits per heavy atom. The van der Waals surface area contributed by atoms with Crippen LogP contribution in [0.4, 0.5) is 17.1 Å². The molecular weight excluding hydrogens is 1210 g/mol. The summed E-state index contributed by atoms with van der Waals surface area (Å²) in [6.45, 7) is 8.52. The van der Waals surface area contributed by atoms with Crippen LogP contribution in [0.15, 0.2) is 218 Å². The fourth-order valence-corrected chi connectivity index (χ4v) is 16.4. The first-order chi connectivity index (χ1) is 46.2. The second kappa shape index (κ2) is 23.3. The summed E-state index contributed by atoms with van der Waals surface area (Å²) in [7, 11) is 4.66. The van der Waals surface area contributed by atoms with Gasteiger partial charge in [-0.1, -0.05) is 122 Å². The van der Waals surface area contributed by atoms with E-state index in [0.29, 0.717) is 45.8 Å². The minimum absolute atomic E-state index is 0.163. The highest BCUT2D eigenvalue weighted by Gasteiger charge is 2.74. The van der Waals surface area contributed by atoms with Crippen molar-refractivity contribution in [3.05, 3.63) is 241 Å². The number of allylic oxidation sites excluding steroid dienone is 4. The lowest BCUT2D eigenvalue weighted by Crippen LogP contribution is -2.51. The smallest absolute Gasteiger partial charge is 0.330 e. The Bertz CT molecular complexity index is 4460. The lowest BCUT2D eigenvalue weighted by Gasteiger charge is -2.44. The van der Waals surface area contributed by atoms with Gasteiger partial charge in [0.25, 0.3) is 0 Å². The molecule has 16 heteroatoms. The molecule has 8 amide bonds. The third-order valence-corrected chi connectivity index (χ3v) is 21.6. The summed E-state index contributed by atoms with van der Waals surface area (Å²) in [5.41, 5.74) is 8.14. The van der Waals surface area contributed by atoms with Crippen LogP contribution in [0.25, 0.3) is 11.1 Å². The van der Waals surface area contributed by atoms with Gasteiger partial charge in [-0.25, -0.2) is 9.59 Å². The average molecular weight is 1280 g/mol. The maximum atomic E-state index is 14.2. The third-order valence-electron chi connectivity index (χ3n) is 21.6. The number of carbonyl (C=O) groups excluding carboxylic acids is 8. The van der Waals surface area contributed by atoms with E-state index in [1.54, 1.807) is 87.0 Å². The second-order valence-electron chi connectivity index (χ2n) is 27.1. The molecule has 0 spiro atoms. The maximum absolute atomic E-state index is 14.2. The maximum Gasteiger partial charge on any atom is 0.330 e. The zero-order valence-electron chi connectivity index (χ0n) is 53.9. The van der Waals surface area contributed by atoms with E-state index in [4.69, 9.17) is 18.9 Å². The van der Waals surface area contributed by atoms with Crippen molar-refractivity contribution in [2.45, 2.75) is 33.1 Å². The fourth-order valence-electron chi connectivity index (χ4n) is 16.4. The van der Waals surface area contributed by atoms with Gasteiger partial charge in [0.15, 0.2) is 0 Å². The van der Waals surface area contributed by atoms with E-state index < -0.39 is 75.5 Å². The van der Waals surface area contributed by atoms with Crippen molar-refractivity contribution in [1.82, 2.24) is 9.38 Å². The van der Waals surface area contributed by atoms with E-state index in [2.05, 4.69) is 57.2 Å². The quantitative estimate of drug-likeness (QED) is 0.0606. The predicted octanol–water partition coefficient (Wildman–Crippen LogP) is 13.4. The Morgan fingerprint density at radius 2 is 0.615 bits per heavy atom. The topological polar surface area (TPSA) is 183 Å². The number of amides is 8. The predicted molar refractivity (Wildman–Crippen MR) is 360 cm³/mol. The molecule has 8 aromatic rings. The highest BCUT2D eigenvalue weighted by Crippen LogP contribution is 2.61. The summed E-state index contributed by atoms with van der Waals surface area (Å²) in [6, 6.07) is 60.8. The standard InChI is InChI=1S/C45H37N2O7.C35H32N2O5/c1-26-4-14-32(15-5-26)53-33-16-6-27(7-17-33)28-8-18-34(19-9-28)54-35-20-10-29(11-21-35)46-42(48)38-36-24-25-37(39(38)43(46)49)41-40(36)44(50)47(2,45(41)51)30-12-22-31(52-3)23-13-30;1-19-5-7-20(8-6-19)35(2,3)21-9-13-23(14-10-21)42-24-15-11-22(12-16-24)37-33(40)29-25-17-18-26(30(29)34(37)41)28-27(25)31(38)36(4)32(28)39/h4-25,36-41H,1-3H3;5-18,25-30H,1-4H3/q+1;. The number of methoxy groups -OCH3 is 1. The molecule has 2 saturated carbocycles. The Morgan fingerprint density at radius 3 is 0.958 bits per heavy atom. The second-order valence-corrected chi connectivity index (χ2v) is 27.1. The van der Waals surface area contributed by atoms with Gasteiger partial charge in [-0.05, 0) is 145 Å². The number of aryl methyl sites for hydroxylation is 2. The average Bonchev–Trinajstić information content (AvgIpc) is 1.53. The Labute approximate surface area is 555 Å². The summed E-state index contributed by atoms with van der Waals surface area (Å²) >= 11 is 0. The first-order valence-electron chi connectivity index (χ1n) is 32.5. The van der Waals surface area contributed by atoms with Crippen LogP contribution in [0.1, 0.15) is 36.1 Å². The number of anilines is 2. The first-order valence-corrected chi connectivity index (χ1v) is 32.5. The zero-order valence-corrected chi connectivity index (χ0v) is 53.9. The highest BCUT2D eigenvalue weighted by molar-refractivity contribution is 6.25. The largest absolute Gasteiger partial charge is 0.497 e. The molecule has 4 saturated heterocycles. The molecule has 0 aromatic heterocycles. The Kier molecular flexibility index (Phi) is 14.9. The van der Waals surface area contributed by atoms with Gasteiger partial charge in [0.2, 0.25) is 35.4 Å². The molecule has 8 aromatic carbocycles. The van der Waals surface area contributed by atoms with Gasteiger partial charge in [-0.15, -0.1) is 0 Å². The van der Waals surface area contributed by atoms with Crippen LogP contribution in [0.3, 0.4) is 0 Å². The van der Waals surface area contributed by atoms with Gasteiger partial charge >= 0.3 is 11.8 Å². The van der Waals surface area contributed by atoms with Crippen molar-refractivity contribution in [2.75, 3.05) is 31.0 Å². The van der Waals surface area contributed by atoms with Gasteiger partial charge < -0.3 is 18.9 Å². The molecule has 16 nitrogen and oxygen atoms in total. The van der Waals surface area contributed by atoms with E-state index in [9.17, 15) is 38.4 Å². The third kappa shape index (κ3) is 9.81. The number of carbonyl (C=O) groups is 8. The van der Waals surface area contributed by atoms with Crippen molar-refractivity contribution >= 4 is 64.3 Å². The highest BCUT2D eigenvalue weighted by atomic mass is 16.5. The molecule has 480 valence electrons. The van der Waals surface area contributed by atoms with E-state index in [-0.39, 0.29) is 52.7 Å². The lowest BCUT2D eigenvalue weighted by atomic mass is 9.54. The molecule has 18 rings (SSSR count). The molecule has 96 heavy (non-hydrogen) atoms. The van der Waals surface area contributed by atoms with Crippen LogP contribution in [0.5, 0.6) is 40.2 Å². The normalized spacial score (nSPS) is 27.2. The number of hydrogen-bond acceptors (Lipinski definition) is 12. The summed E-state index contributed by atoms with van der Waals surface area (Å²) < 4.78 is 22.9. The lowest BCUT2D eigenvalue weighted by molar-refractivity contribution is -0.139. The van der Waals surface area contributed by atoms with E-state index in [1.165, 1.54) is 39.1 Å². The SMILES string of the molecule is COc1ccc([N+]2(C)C(=O)C3C4C=CC(C5C(=O)N(c6ccc(Oc7ccc(-c8ccc(Oc9ccc(C)cc9)cc8)cc7)cc6)C(=O)C45)C3C2=O)cc1.Cc1ccc(C(C)(C)c2ccc(Oc3ccc(N4C(=O)C5C6C=CC(C7C(=O)N(C)C(=O)C67)C5C4=O)cc3)cc2)cc1. The van der Waals surface area contributed by atoms with Crippen molar-refractivity contribution < 1.29 is 57.3 Å². The number of quaternary nitrogens is 1. The molecule has 6 aliphatic carbocycles. The number of benzene rings is 8. The van der Waals surface area contributed by atoms with Gasteiger partial charge in [0.1, 0.15) is 45.9 Å². The van der Waals surface area contributed by atoms with Gasteiger partial charge in [0, 0.05) is 48.3 Å². The monoisotopic (exact) mass is 1280 g/mol. The van der Waals surface area contributed by atoms with Crippen LogP contribution in [0, 0.1) is 84.9 Å². The van der Waals surface area contributed by atoms with Gasteiger partial charge in [-0.3, -0.25) is 43.5 Å².